The lowest BCUT2D eigenvalue weighted by molar-refractivity contribution is 0.363. The molecule has 0 atom stereocenters. The molecule has 0 aliphatic carbocycles. The van der Waals surface area contributed by atoms with E-state index < -0.39 is 0 Å². The van der Waals surface area contributed by atoms with Crippen molar-refractivity contribution in [3.63, 3.8) is 0 Å². The molecule has 2 heterocycles. The molecule has 2 aromatic rings. The lowest BCUT2D eigenvalue weighted by atomic mass is 9.90. The van der Waals surface area contributed by atoms with Crippen LogP contribution in [-0.4, -0.2) is 14.8 Å². The van der Waals surface area contributed by atoms with Gasteiger partial charge >= 0.3 is 0 Å². The van der Waals surface area contributed by atoms with Crippen LogP contribution in [0.5, 0.6) is 0 Å². The standard InChI is InChI=1S/C16H25N3/c1-10-9-12(15(3,4)5)17-14-13(10)11(2)18-19(14)16(6,7)8/h9H,1-8H3. The van der Waals surface area contributed by atoms with E-state index in [0.29, 0.717) is 0 Å². The summed E-state index contributed by atoms with van der Waals surface area (Å²) in [6.45, 7) is 17.3. The fraction of sp³-hybridized carbons (Fsp3) is 0.625. The maximum Gasteiger partial charge on any atom is 0.159 e. The van der Waals surface area contributed by atoms with Crippen LogP contribution in [0.2, 0.25) is 0 Å². The first-order valence-corrected chi connectivity index (χ1v) is 6.90. The lowest BCUT2D eigenvalue weighted by Crippen LogP contribution is -2.24. The van der Waals surface area contributed by atoms with Gasteiger partial charge in [-0.2, -0.15) is 5.10 Å². The Kier molecular flexibility index (Phi) is 3.00. The van der Waals surface area contributed by atoms with E-state index in [4.69, 9.17) is 10.1 Å². The molecule has 0 bridgehead atoms. The summed E-state index contributed by atoms with van der Waals surface area (Å²) in [6.07, 6.45) is 0. The largest absolute Gasteiger partial charge is 0.242 e. The van der Waals surface area contributed by atoms with E-state index in [-0.39, 0.29) is 11.0 Å². The van der Waals surface area contributed by atoms with Gasteiger partial charge in [-0.1, -0.05) is 20.8 Å². The smallest absolute Gasteiger partial charge is 0.159 e. The molecule has 3 heteroatoms. The van der Waals surface area contributed by atoms with Crippen LogP contribution >= 0.6 is 0 Å². The van der Waals surface area contributed by atoms with E-state index in [0.717, 1.165) is 17.0 Å². The molecule has 0 aliphatic heterocycles. The van der Waals surface area contributed by atoms with Gasteiger partial charge in [-0.05, 0) is 46.2 Å². The molecule has 0 radical (unpaired) electrons. The van der Waals surface area contributed by atoms with Gasteiger partial charge in [-0.15, -0.1) is 0 Å². The first-order chi connectivity index (χ1) is 8.51. The van der Waals surface area contributed by atoms with Crippen molar-refractivity contribution in [1.82, 2.24) is 14.8 Å². The molecule has 0 N–H and O–H groups in total. The van der Waals surface area contributed by atoms with Crippen LogP contribution in [0.4, 0.5) is 0 Å². The maximum atomic E-state index is 4.90. The van der Waals surface area contributed by atoms with E-state index in [1.807, 2.05) is 0 Å². The van der Waals surface area contributed by atoms with Crippen LogP contribution in [0.15, 0.2) is 6.07 Å². The van der Waals surface area contributed by atoms with Gasteiger partial charge in [-0.3, -0.25) is 0 Å². The van der Waals surface area contributed by atoms with Crippen LogP contribution < -0.4 is 0 Å². The van der Waals surface area contributed by atoms with Gasteiger partial charge in [0.15, 0.2) is 5.65 Å². The van der Waals surface area contributed by atoms with Crippen molar-refractivity contribution in [3.05, 3.63) is 23.0 Å². The third kappa shape index (κ3) is 2.38. The molecule has 2 rings (SSSR count). The Bertz CT molecular complexity index is 622. The second-order valence-corrected chi connectivity index (χ2v) is 7.44. The molecule has 0 saturated heterocycles. The minimum Gasteiger partial charge on any atom is -0.242 e. The third-order valence-electron chi connectivity index (χ3n) is 3.41. The number of aryl methyl sites for hydroxylation is 2. The van der Waals surface area contributed by atoms with Crippen LogP contribution in [-0.2, 0) is 11.0 Å². The van der Waals surface area contributed by atoms with E-state index >= 15 is 0 Å². The van der Waals surface area contributed by atoms with Crippen molar-refractivity contribution < 1.29 is 0 Å². The normalized spacial score (nSPS) is 13.3. The lowest BCUT2D eigenvalue weighted by Gasteiger charge is -2.22. The minimum atomic E-state index is -0.0531. The fourth-order valence-electron chi connectivity index (χ4n) is 2.36. The first-order valence-electron chi connectivity index (χ1n) is 6.90. The first kappa shape index (κ1) is 14.0. The Morgan fingerprint density at radius 3 is 2.05 bits per heavy atom. The number of fused-ring (bicyclic) bond motifs is 1. The quantitative estimate of drug-likeness (QED) is 0.713. The number of aromatic nitrogens is 3. The molecule has 0 fully saturated rings. The van der Waals surface area contributed by atoms with Gasteiger partial charge < -0.3 is 0 Å². The molecule has 104 valence electrons. The van der Waals surface area contributed by atoms with Crippen molar-refractivity contribution in [2.75, 3.05) is 0 Å². The molecule has 0 aliphatic rings. The Morgan fingerprint density at radius 2 is 1.58 bits per heavy atom. The van der Waals surface area contributed by atoms with Gasteiger partial charge in [0.1, 0.15) is 0 Å². The number of hydrogen-bond donors (Lipinski definition) is 0. The summed E-state index contributed by atoms with van der Waals surface area (Å²) in [5, 5.41) is 5.90. The summed E-state index contributed by atoms with van der Waals surface area (Å²) in [5.74, 6) is 0. The van der Waals surface area contributed by atoms with Crippen molar-refractivity contribution in [1.29, 1.82) is 0 Å². The molecule has 0 aromatic carbocycles. The average molecular weight is 259 g/mol. The van der Waals surface area contributed by atoms with Crippen molar-refractivity contribution in [2.24, 2.45) is 0 Å². The highest BCUT2D eigenvalue weighted by atomic mass is 15.3. The molecular formula is C16H25N3. The van der Waals surface area contributed by atoms with Crippen molar-refractivity contribution in [2.45, 2.75) is 66.3 Å². The number of hydrogen-bond acceptors (Lipinski definition) is 2. The minimum absolute atomic E-state index is 0.0531. The SMILES string of the molecule is Cc1cc(C(C)(C)C)nc2c1c(C)nn2C(C)(C)C. The zero-order chi connectivity index (χ0) is 14.6. The van der Waals surface area contributed by atoms with Crippen molar-refractivity contribution >= 4 is 11.0 Å². The Hall–Kier alpha value is -1.38. The van der Waals surface area contributed by atoms with E-state index in [1.165, 1.54) is 10.9 Å². The molecule has 0 amide bonds. The summed E-state index contributed by atoms with van der Waals surface area (Å²) in [4.78, 5) is 4.90. The molecule has 0 unspecified atom stereocenters. The van der Waals surface area contributed by atoms with Crippen LogP contribution in [0, 0.1) is 13.8 Å². The monoisotopic (exact) mass is 259 g/mol. The summed E-state index contributed by atoms with van der Waals surface area (Å²) in [5.41, 5.74) is 4.47. The van der Waals surface area contributed by atoms with Gasteiger partial charge in [0.25, 0.3) is 0 Å². The maximum absolute atomic E-state index is 4.90. The highest BCUT2D eigenvalue weighted by molar-refractivity contribution is 5.82. The fourth-order valence-corrected chi connectivity index (χ4v) is 2.36. The second-order valence-electron chi connectivity index (χ2n) is 7.44. The topological polar surface area (TPSA) is 30.7 Å². The zero-order valence-electron chi connectivity index (χ0n) is 13.4. The van der Waals surface area contributed by atoms with Gasteiger partial charge in [0, 0.05) is 16.5 Å². The summed E-state index contributed by atoms with van der Waals surface area (Å²) < 4.78 is 2.06. The van der Waals surface area contributed by atoms with Gasteiger partial charge in [0.05, 0.1) is 11.2 Å². The van der Waals surface area contributed by atoms with E-state index in [1.54, 1.807) is 0 Å². The third-order valence-corrected chi connectivity index (χ3v) is 3.41. The van der Waals surface area contributed by atoms with Gasteiger partial charge in [0.2, 0.25) is 0 Å². The van der Waals surface area contributed by atoms with Crippen molar-refractivity contribution in [3.8, 4) is 0 Å². The predicted octanol–water partition coefficient (Wildman–Crippen LogP) is 4.10. The summed E-state index contributed by atoms with van der Waals surface area (Å²) in [7, 11) is 0. The second kappa shape index (κ2) is 4.06. The van der Waals surface area contributed by atoms with Crippen LogP contribution in [0.3, 0.4) is 0 Å². The van der Waals surface area contributed by atoms with E-state index in [9.17, 15) is 0 Å². The highest BCUT2D eigenvalue weighted by Gasteiger charge is 2.24. The van der Waals surface area contributed by atoms with E-state index in [2.05, 4.69) is 66.1 Å². The molecular weight excluding hydrogens is 234 g/mol. The number of nitrogens with zero attached hydrogens (tertiary/aromatic N) is 3. The number of pyridine rings is 1. The molecule has 2 aromatic heterocycles. The average Bonchev–Trinajstić information content (AvgIpc) is 2.54. The Balaban J connectivity index is 2.85. The molecule has 0 saturated carbocycles. The summed E-state index contributed by atoms with van der Waals surface area (Å²) >= 11 is 0. The molecule has 19 heavy (non-hydrogen) atoms. The number of rotatable bonds is 0. The molecule has 0 spiro atoms. The van der Waals surface area contributed by atoms with Gasteiger partial charge in [-0.25, -0.2) is 9.67 Å². The van der Waals surface area contributed by atoms with Crippen LogP contribution in [0.25, 0.3) is 11.0 Å². The molecule has 3 nitrogen and oxygen atoms in total. The van der Waals surface area contributed by atoms with Crippen LogP contribution in [0.1, 0.15) is 58.5 Å². The summed E-state index contributed by atoms with van der Waals surface area (Å²) in [6, 6.07) is 2.20. The Labute approximate surface area is 116 Å². The highest BCUT2D eigenvalue weighted by Crippen LogP contribution is 2.30. The zero-order valence-corrected chi connectivity index (χ0v) is 13.4. The Morgan fingerprint density at radius 1 is 1.00 bits per heavy atom. The predicted molar refractivity (Wildman–Crippen MR) is 80.7 cm³/mol.